The molecule has 9 heteroatoms. The van der Waals surface area contributed by atoms with Gasteiger partial charge in [0.1, 0.15) is 5.82 Å². The number of imidazole rings is 1. The van der Waals surface area contributed by atoms with Crippen LogP contribution in [-0.4, -0.2) is 41.3 Å². The highest BCUT2D eigenvalue weighted by Gasteiger charge is 2.34. The standard InChI is InChI=1S/C17H21FN4O3S/c1-21-11-16(20-12-21)26(24,25)22-8-2-3-14(10-22)17(23)19-9-13-4-6-15(18)7-5-13/h4-7,11-12,14H,2-3,8-10H2,1H3,(H,19,23)/t14-/m1/s1. The molecule has 140 valence electrons. The van der Waals surface area contributed by atoms with E-state index in [4.69, 9.17) is 0 Å². The highest BCUT2D eigenvalue weighted by Crippen LogP contribution is 2.23. The third kappa shape index (κ3) is 4.10. The van der Waals surface area contributed by atoms with Crippen molar-refractivity contribution in [3.8, 4) is 0 Å². The third-order valence-electron chi connectivity index (χ3n) is 4.42. The monoisotopic (exact) mass is 380 g/mol. The van der Waals surface area contributed by atoms with E-state index in [0.717, 1.165) is 5.56 Å². The van der Waals surface area contributed by atoms with Crippen LogP contribution in [0.2, 0.25) is 0 Å². The molecule has 1 aromatic heterocycles. The molecule has 26 heavy (non-hydrogen) atoms. The van der Waals surface area contributed by atoms with Gasteiger partial charge in [-0.15, -0.1) is 0 Å². The minimum absolute atomic E-state index is 0.00706. The zero-order valence-corrected chi connectivity index (χ0v) is 15.2. The van der Waals surface area contributed by atoms with Gasteiger partial charge in [-0.2, -0.15) is 4.31 Å². The van der Waals surface area contributed by atoms with Crippen LogP contribution < -0.4 is 5.32 Å². The van der Waals surface area contributed by atoms with Crippen LogP contribution in [0.15, 0.2) is 41.8 Å². The molecule has 3 rings (SSSR count). The summed E-state index contributed by atoms with van der Waals surface area (Å²) in [6.45, 7) is 0.789. The molecule has 0 unspecified atom stereocenters. The van der Waals surface area contributed by atoms with Gasteiger partial charge in [-0.05, 0) is 30.5 Å². The summed E-state index contributed by atoms with van der Waals surface area (Å²) < 4.78 is 41.1. The van der Waals surface area contributed by atoms with Crippen molar-refractivity contribution < 1.29 is 17.6 Å². The summed E-state index contributed by atoms with van der Waals surface area (Å²) in [4.78, 5) is 16.3. The van der Waals surface area contributed by atoms with E-state index in [1.807, 2.05) is 0 Å². The molecule has 2 aromatic rings. The van der Waals surface area contributed by atoms with Crippen molar-refractivity contribution in [3.63, 3.8) is 0 Å². The summed E-state index contributed by atoms with van der Waals surface area (Å²) in [5, 5.41) is 2.79. The molecule has 1 saturated heterocycles. The van der Waals surface area contributed by atoms with Crippen LogP contribution in [0.4, 0.5) is 4.39 Å². The fourth-order valence-electron chi connectivity index (χ4n) is 2.96. The lowest BCUT2D eigenvalue weighted by Crippen LogP contribution is -2.45. The van der Waals surface area contributed by atoms with Crippen molar-refractivity contribution in [1.29, 1.82) is 0 Å². The highest BCUT2D eigenvalue weighted by atomic mass is 32.2. The summed E-state index contributed by atoms with van der Waals surface area (Å²) in [5.74, 6) is -0.944. The molecule has 0 aliphatic carbocycles. The van der Waals surface area contributed by atoms with E-state index in [0.29, 0.717) is 19.4 Å². The van der Waals surface area contributed by atoms with Crippen molar-refractivity contribution in [1.82, 2.24) is 19.2 Å². The summed E-state index contributed by atoms with van der Waals surface area (Å²) in [6.07, 6.45) is 4.13. The van der Waals surface area contributed by atoms with Crippen LogP contribution in [0.1, 0.15) is 18.4 Å². The number of hydrogen-bond donors (Lipinski definition) is 1. The van der Waals surface area contributed by atoms with E-state index >= 15 is 0 Å². The average Bonchev–Trinajstić information content (AvgIpc) is 3.08. The van der Waals surface area contributed by atoms with Gasteiger partial charge in [-0.3, -0.25) is 4.79 Å². The van der Waals surface area contributed by atoms with E-state index < -0.39 is 15.9 Å². The molecule has 0 radical (unpaired) electrons. The number of amides is 1. The Morgan fingerprint density at radius 2 is 2.08 bits per heavy atom. The van der Waals surface area contributed by atoms with E-state index in [1.165, 1.54) is 29.0 Å². The average molecular weight is 380 g/mol. The maximum atomic E-state index is 12.9. The van der Waals surface area contributed by atoms with Crippen LogP contribution in [0.25, 0.3) is 0 Å². The molecule has 2 heterocycles. The van der Waals surface area contributed by atoms with Gasteiger partial charge in [-0.25, -0.2) is 17.8 Å². The predicted octanol–water partition coefficient (Wildman–Crippen LogP) is 1.28. The second kappa shape index (κ2) is 7.55. The Morgan fingerprint density at radius 1 is 1.35 bits per heavy atom. The largest absolute Gasteiger partial charge is 0.352 e. The summed E-state index contributed by atoms with van der Waals surface area (Å²) in [6, 6.07) is 5.88. The number of halogens is 1. The maximum Gasteiger partial charge on any atom is 0.262 e. The molecule has 1 N–H and O–H groups in total. The second-order valence-corrected chi connectivity index (χ2v) is 8.31. The number of aryl methyl sites for hydroxylation is 1. The first-order valence-corrected chi connectivity index (χ1v) is 9.80. The number of carbonyl (C=O) groups is 1. The number of rotatable bonds is 5. The van der Waals surface area contributed by atoms with Crippen molar-refractivity contribution >= 4 is 15.9 Å². The van der Waals surface area contributed by atoms with Crippen molar-refractivity contribution in [3.05, 3.63) is 48.2 Å². The van der Waals surface area contributed by atoms with Crippen LogP contribution in [0.5, 0.6) is 0 Å². The molecular weight excluding hydrogens is 359 g/mol. The van der Waals surface area contributed by atoms with Gasteiger partial charge in [0.2, 0.25) is 5.91 Å². The van der Waals surface area contributed by atoms with Gasteiger partial charge in [0.05, 0.1) is 12.2 Å². The van der Waals surface area contributed by atoms with Gasteiger partial charge in [-0.1, -0.05) is 12.1 Å². The molecule has 7 nitrogen and oxygen atoms in total. The Morgan fingerprint density at radius 3 is 2.73 bits per heavy atom. The van der Waals surface area contributed by atoms with Gasteiger partial charge in [0.15, 0.2) is 5.03 Å². The van der Waals surface area contributed by atoms with Crippen LogP contribution in [0, 0.1) is 11.7 Å². The number of benzene rings is 1. The number of piperidine rings is 1. The predicted molar refractivity (Wildman–Crippen MR) is 92.9 cm³/mol. The molecule has 1 aromatic carbocycles. The van der Waals surface area contributed by atoms with E-state index in [2.05, 4.69) is 10.3 Å². The highest BCUT2D eigenvalue weighted by molar-refractivity contribution is 7.89. The fourth-order valence-corrected chi connectivity index (χ4v) is 4.45. The van der Waals surface area contributed by atoms with Crippen LogP contribution in [-0.2, 0) is 28.4 Å². The molecule has 1 atom stereocenters. The van der Waals surface area contributed by atoms with Crippen molar-refractivity contribution in [2.45, 2.75) is 24.4 Å². The molecule has 1 fully saturated rings. The molecule has 1 amide bonds. The Balaban J connectivity index is 1.62. The van der Waals surface area contributed by atoms with E-state index in [-0.39, 0.29) is 29.8 Å². The molecule has 0 bridgehead atoms. The van der Waals surface area contributed by atoms with E-state index in [1.54, 1.807) is 23.7 Å². The quantitative estimate of drug-likeness (QED) is 0.847. The molecule has 1 aliphatic heterocycles. The first kappa shape index (κ1) is 18.5. The Bertz CT molecular complexity index is 880. The molecule has 1 aliphatic rings. The second-order valence-electron chi connectivity index (χ2n) is 6.42. The Hall–Kier alpha value is -2.26. The van der Waals surface area contributed by atoms with Crippen molar-refractivity contribution in [2.75, 3.05) is 13.1 Å². The lowest BCUT2D eigenvalue weighted by atomic mass is 9.99. The number of aromatic nitrogens is 2. The number of sulfonamides is 1. The van der Waals surface area contributed by atoms with Gasteiger partial charge < -0.3 is 9.88 Å². The maximum absolute atomic E-state index is 12.9. The molecule has 0 spiro atoms. The number of hydrogen-bond acceptors (Lipinski definition) is 4. The number of nitrogens with one attached hydrogen (secondary N) is 1. The zero-order chi connectivity index (χ0) is 18.7. The fraction of sp³-hybridized carbons (Fsp3) is 0.412. The number of nitrogens with zero attached hydrogens (tertiary/aromatic N) is 3. The topological polar surface area (TPSA) is 84.3 Å². The summed E-state index contributed by atoms with van der Waals surface area (Å²) in [5.41, 5.74) is 0.786. The van der Waals surface area contributed by atoms with E-state index in [9.17, 15) is 17.6 Å². The van der Waals surface area contributed by atoms with Crippen molar-refractivity contribution in [2.24, 2.45) is 13.0 Å². The third-order valence-corrected chi connectivity index (χ3v) is 6.17. The lowest BCUT2D eigenvalue weighted by Gasteiger charge is -2.30. The molecular formula is C17H21FN4O3S. The van der Waals surface area contributed by atoms with Gasteiger partial charge in [0, 0.05) is 32.9 Å². The molecule has 0 saturated carbocycles. The summed E-state index contributed by atoms with van der Waals surface area (Å²) in [7, 11) is -2.00. The minimum atomic E-state index is -3.70. The first-order valence-electron chi connectivity index (χ1n) is 8.36. The zero-order valence-electron chi connectivity index (χ0n) is 14.4. The minimum Gasteiger partial charge on any atom is -0.352 e. The number of carbonyl (C=O) groups excluding carboxylic acids is 1. The SMILES string of the molecule is Cn1cnc(S(=O)(=O)N2CCC[C@@H](C(=O)NCc3ccc(F)cc3)C2)c1. The van der Waals surface area contributed by atoms with Gasteiger partial charge >= 0.3 is 0 Å². The normalized spacial score (nSPS) is 18.6. The lowest BCUT2D eigenvalue weighted by molar-refractivity contribution is -0.126. The smallest absolute Gasteiger partial charge is 0.262 e. The van der Waals surface area contributed by atoms with Crippen LogP contribution >= 0.6 is 0 Å². The summed E-state index contributed by atoms with van der Waals surface area (Å²) >= 11 is 0. The Kier molecular flexibility index (Phi) is 5.38. The Labute approximate surface area is 151 Å². The van der Waals surface area contributed by atoms with Crippen LogP contribution in [0.3, 0.4) is 0 Å². The first-order chi connectivity index (χ1) is 12.4. The van der Waals surface area contributed by atoms with Gasteiger partial charge in [0.25, 0.3) is 10.0 Å².